The molecular weight excluding hydrogens is 354 g/mol. The van der Waals surface area contributed by atoms with Crippen LogP contribution < -0.4 is 5.32 Å². The lowest BCUT2D eigenvalue weighted by Gasteiger charge is -2.34. The Morgan fingerprint density at radius 2 is 1.79 bits per heavy atom. The van der Waals surface area contributed by atoms with E-state index in [0.717, 1.165) is 62.1 Å². The molecule has 1 atom stereocenters. The fourth-order valence-electron chi connectivity index (χ4n) is 4.03. The number of aromatic nitrogens is 2. The van der Waals surface area contributed by atoms with E-state index in [0.29, 0.717) is 13.1 Å². The monoisotopic (exact) mass is 381 g/mol. The number of piperidine rings is 1. The minimum Gasteiger partial charge on any atom is -0.352 e. The molecule has 2 aliphatic rings. The molecule has 0 saturated carbocycles. The topological polar surface area (TPSA) is 81.3 Å². The van der Waals surface area contributed by atoms with E-state index in [2.05, 4.69) is 15.5 Å². The molecule has 7 nitrogen and oxygen atoms in total. The van der Waals surface area contributed by atoms with Gasteiger partial charge in [0, 0.05) is 38.9 Å². The predicted molar refractivity (Wildman–Crippen MR) is 106 cm³/mol. The molecule has 1 aromatic carbocycles. The molecule has 148 valence electrons. The first kappa shape index (κ1) is 18.5. The van der Waals surface area contributed by atoms with Gasteiger partial charge in [0.25, 0.3) is 0 Å². The molecule has 0 bridgehead atoms. The zero-order valence-electron chi connectivity index (χ0n) is 16.1. The van der Waals surface area contributed by atoms with E-state index in [1.807, 2.05) is 40.1 Å². The number of aromatic amines is 1. The molecule has 28 heavy (non-hydrogen) atoms. The molecule has 2 aliphatic heterocycles. The van der Waals surface area contributed by atoms with Crippen molar-refractivity contribution in [1.82, 2.24) is 25.3 Å². The first-order valence-electron chi connectivity index (χ1n) is 10.1. The summed E-state index contributed by atoms with van der Waals surface area (Å²) in [5, 5.41) is 9.95. The molecule has 3 amide bonds. The molecular formula is C21H27N5O2. The van der Waals surface area contributed by atoms with Gasteiger partial charge in [-0.25, -0.2) is 4.79 Å². The van der Waals surface area contributed by atoms with Crippen LogP contribution >= 0.6 is 0 Å². The van der Waals surface area contributed by atoms with Gasteiger partial charge in [-0.3, -0.25) is 9.89 Å². The molecule has 4 rings (SSSR count). The lowest BCUT2D eigenvalue weighted by atomic mass is 9.97. The van der Waals surface area contributed by atoms with Crippen molar-refractivity contribution in [2.45, 2.75) is 32.2 Å². The summed E-state index contributed by atoms with van der Waals surface area (Å²) < 4.78 is 0. The van der Waals surface area contributed by atoms with Gasteiger partial charge in [-0.05, 0) is 42.9 Å². The normalized spacial score (nSPS) is 19.6. The second kappa shape index (κ2) is 8.46. The van der Waals surface area contributed by atoms with Gasteiger partial charge in [0.2, 0.25) is 5.91 Å². The standard InChI is InChI=1S/C21H27N5O2/c27-20(18-4-3-13-26(15-18)21(28)25-11-1-2-12-25)22-14-16-5-7-17(8-6-16)19-9-10-23-24-19/h5-10,18H,1-4,11-15H2,(H,22,27)(H,23,24)/t18-/m0/s1. The van der Waals surface area contributed by atoms with Gasteiger partial charge in [0.1, 0.15) is 0 Å². The second-order valence-corrected chi connectivity index (χ2v) is 7.65. The van der Waals surface area contributed by atoms with E-state index < -0.39 is 0 Å². The zero-order valence-corrected chi connectivity index (χ0v) is 16.1. The average Bonchev–Trinajstić information content (AvgIpc) is 3.46. The molecule has 0 unspecified atom stereocenters. The lowest BCUT2D eigenvalue weighted by Crippen LogP contribution is -2.49. The third-order valence-corrected chi connectivity index (χ3v) is 5.67. The summed E-state index contributed by atoms with van der Waals surface area (Å²) in [4.78, 5) is 29.0. The van der Waals surface area contributed by atoms with Gasteiger partial charge in [0.15, 0.2) is 0 Å². The number of rotatable bonds is 4. The number of carbonyl (C=O) groups is 2. The van der Waals surface area contributed by atoms with Gasteiger partial charge < -0.3 is 15.1 Å². The van der Waals surface area contributed by atoms with Crippen LogP contribution in [0, 0.1) is 5.92 Å². The molecule has 0 aliphatic carbocycles. The van der Waals surface area contributed by atoms with Crippen LogP contribution in [0.15, 0.2) is 36.5 Å². The van der Waals surface area contributed by atoms with Gasteiger partial charge in [-0.2, -0.15) is 5.10 Å². The fraction of sp³-hybridized carbons (Fsp3) is 0.476. The highest BCUT2D eigenvalue weighted by atomic mass is 16.2. The van der Waals surface area contributed by atoms with Crippen molar-refractivity contribution in [2.75, 3.05) is 26.2 Å². The third-order valence-electron chi connectivity index (χ3n) is 5.67. The Morgan fingerprint density at radius 1 is 1.04 bits per heavy atom. The Labute approximate surface area is 165 Å². The molecule has 0 spiro atoms. The van der Waals surface area contributed by atoms with Crippen LogP contribution in [0.1, 0.15) is 31.2 Å². The number of likely N-dealkylation sites (tertiary alicyclic amines) is 2. The summed E-state index contributed by atoms with van der Waals surface area (Å²) in [5.41, 5.74) is 3.09. The largest absolute Gasteiger partial charge is 0.352 e. The molecule has 2 aromatic rings. The number of amides is 3. The van der Waals surface area contributed by atoms with E-state index in [9.17, 15) is 9.59 Å². The van der Waals surface area contributed by atoms with E-state index in [1.54, 1.807) is 6.20 Å². The Bertz CT molecular complexity index is 797. The maximum Gasteiger partial charge on any atom is 0.320 e. The van der Waals surface area contributed by atoms with Crippen molar-refractivity contribution < 1.29 is 9.59 Å². The van der Waals surface area contributed by atoms with E-state index >= 15 is 0 Å². The molecule has 7 heteroatoms. The van der Waals surface area contributed by atoms with Crippen LogP contribution in [0.5, 0.6) is 0 Å². The summed E-state index contributed by atoms with van der Waals surface area (Å²) in [6.45, 7) is 3.48. The van der Waals surface area contributed by atoms with Crippen molar-refractivity contribution in [3.05, 3.63) is 42.1 Å². The van der Waals surface area contributed by atoms with Gasteiger partial charge in [-0.1, -0.05) is 24.3 Å². The van der Waals surface area contributed by atoms with Crippen LogP contribution in [0.3, 0.4) is 0 Å². The average molecular weight is 381 g/mol. The highest BCUT2D eigenvalue weighted by Crippen LogP contribution is 2.20. The van der Waals surface area contributed by atoms with Crippen molar-refractivity contribution in [3.8, 4) is 11.3 Å². The second-order valence-electron chi connectivity index (χ2n) is 7.65. The highest BCUT2D eigenvalue weighted by Gasteiger charge is 2.31. The van der Waals surface area contributed by atoms with Crippen LogP contribution in [0.2, 0.25) is 0 Å². The van der Waals surface area contributed by atoms with Crippen LogP contribution in [-0.2, 0) is 11.3 Å². The minimum atomic E-state index is -0.121. The highest BCUT2D eigenvalue weighted by molar-refractivity contribution is 5.81. The van der Waals surface area contributed by atoms with Gasteiger partial charge in [0.05, 0.1) is 11.6 Å². The first-order valence-corrected chi connectivity index (χ1v) is 10.1. The smallest absolute Gasteiger partial charge is 0.320 e. The van der Waals surface area contributed by atoms with Crippen molar-refractivity contribution >= 4 is 11.9 Å². The van der Waals surface area contributed by atoms with Crippen molar-refractivity contribution in [1.29, 1.82) is 0 Å². The number of nitrogens with zero attached hydrogens (tertiary/aromatic N) is 3. The molecule has 2 N–H and O–H groups in total. The first-order chi connectivity index (χ1) is 13.7. The number of benzene rings is 1. The van der Waals surface area contributed by atoms with Gasteiger partial charge in [-0.15, -0.1) is 0 Å². The fourth-order valence-corrected chi connectivity index (χ4v) is 4.03. The number of nitrogens with one attached hydrogen (secondary N) is 2. The summed E-state index contributed by atoms with van der Waals surface area (Å²) in [5.74, 6) is -0.0823. The maximum atomic E-state index is 12.6. The Morgan fingerprint density at radius 3 is 2.50 bits per heavy atom. The summed E-state index contributed by atoms with van der Waals surface area (Å²) in [7, 11) is 0. The number of hydrogen-bond donors (Lipinski definition) is 2. The quantitative estimate of drug-likeness (QED) is 0.854. The van der Waals surface area contributed by atoms with E-state index in [-0.39, 0.29) is 17.9 Å². The molecule has 0 radical (unpaired) electrons. The third kappa shape index (κ3) is 4.18. The van der Waals surface area contributed by atoms with Crippen LogP contribution in [0.4, 0.5) is 4.79 Å². The maximum absolute atomic E-state index is 12.6. The number of urea groups is 1. The van der Waals surface area contributed by atoms with Crippen molar-refractivity contribution in [2.24, 2.45) is 5.92 Å². The summed E-state index contributed by atoms with van der Waals surface area (Å²) >= 11 is 0. The summed E-state index contributed by atoms with van der Waals surface area (Å²) in [6, 6.07) is 10.1. The van der Waals surface area contributed by atoms with Crippen LogP contribution in [-0.4, -0.2) is 58.1 Å². The van der Waals surface area contributed by atoms with Crippen LogP contribution in [0.25, 0.3) is 11.3 Å². The minimum absolute atomic E-state index is 0.0385. The zero-order chi connectivity index (χ0) is 19.3. The lowest BCUT2D eigenvalue weighted by molar-refractivity contribution is -0.126. The molecule has 2 saturated heterocycles. The SMILES string of the molecule is O=C(NCc1ccc(-c2ccn[nH]2)cc1)[C@H]1CCCN(C(=O)N2CCCC2)C1. The Balaban J connectivity index is 1.29. The Hall–Kier alpha value is -2.83. The molecule has 3 heterocycles. The molecule has 1 aromatic heterocycles. The van der Waals surface area contributed by atoms with Gasteiger partial charge >= 0.3 is 6.03 Å². The number of H-pyrrole nitrogens is 1. The Kier molecular flexibility index (Phi) is 5.60. The number of hydrogen-bond acceptors (Lipinski definition) is 3. The van der Waals surface area contributed by atoms with Crippen molar-refractivity contribution in [3.63, 3.8) is 0 Å². The van der Waals surface area contributed by atoms with E-state index in [4.69, 9.17) is 0 Å². The predicted octanol–water partition coefficient (Wildman–Crippen LogP) is 2.62. The molecule has 2 fully saturated rings. The van der Waals surface area contributed by atoms with E-state index in [1.165, 1.54) is 0 Å². The number of carbonyl (C=O) groups excluding carboxylic acids is 2. The summed E-state index contributed by atoms with van der Waals surface area (Å²) in [6.07, 6.45) is 5.63.